The van der Waals surface area contributed by atoms with E-state index in [1.807, 2.05) is 89.7 Å². The van der Waals surface area contributed by atoms with Gasteiger partial charge in [-0.15, -0.1) is 0 Å². The zero-order valence-corrected chi connectivity index (χ0v) is 18.0. The number of carbonyl (C=O) groups excluding carboxylic acids is 2. The van der Waals surface area contributed by atoms with Gasteiger partial charge in [0, 0.05) is 29.1 Å². The molecule has 0 saturated carbocycles. The first-order chi connectivity index (χ1) is 16.2. The van der Waals surface area contributed by atoms with Crippen molar-refractivity contribution in [1.82, 2.24) is 15.1 Å². The summed E-state index contributed by atoms with van der Waals surface area (Å²) in [5, 5.41) is 10.1. The first-order valence-electron chi connectivity index (χ1n) is 10.6. The summed E-state index contributed by atoms with van der Waals surface area (Å²) in [6.45, 7) is 0.511. The Morgan fingerprint density at radius 1 is 0.848 bits per heavy atom. The van der Waals surface area contributed by atoms with Gasteiger partial charge in [0.1, 0.15) is 0 Å². The van der Waals surface area contributed by atoms with Crippen LogP contribution < -0.4 is 10.6 Å². The van der Waals surface area contributed by atoms with E-state index >= 15 is 0 Å². The molecule has 4 aromatic rings. The molecule has 0 radical (unpaired) electrons. The highest BCUT2D eigenvalue weighted by Gasteiger charge is 2.10. The van der Waals surface area contributed by atoms with Gasteiger partial charge >= 0.3 is 0 Å². The number of hydrogen-bond donors (Lipinski definition) is 2. The zero-order chi connectivity index (χ0) is 22.9. The number of nitrogens with zero attached hydrogens (tertiary/aromatic N) is 2. The molecule has 0 aliphatic heterocycles. The van der Waals surface area contributed by atoms with Crippen molar-refractivity contribution in [3.05, 3.63) is 114 Å². The van der Waals surface area contributed by atoms with Crippen molar-refractivity contribution in [2.75, 3.05) is 11.9 Å². The fourth-order valence-electron chi connectivity index (χ4n) is 3.35. The van der Waals surface area contributed by atoms with Gasteiger partial charge in [0.2, 0.25) is 11.8 Å². The molecule has 6 nitrogen and oxygen atoms in total. The van der Waals surface area contributed by atoms with E-state index in [1.54, 1.807) is 18.2 Å². The van der Waals surface area contributed by atoms with Crippen LogP contribution in [0.1, 0.15) is 11.1 Å². The van der Waals surface area contributed by atoms with E-state index in [4.69, 9.17) is 5.10 Å². The maximum Gasteiger partial charge on any atom is 0.244 e. The SMILES string of the molecule is O=C(/C=C/c1cn(Cc2ccccc2)nc1-c1ccccc1)NCC(=O)Nc1ccccc1. The smallest absolute Gasteiger partial charge is 0.244 e. The number of amides is 2. The summed E-state index contributed by atoms with van der Waals surface area (Å²) < 4.78 is 1.86. The third-order valence-electron chi connectivity index (χ3n) is 4.92. The lowest BCUT2D eigenvalue weighted by Crippen LogP contribution is -2.31. The number of aromatic nitrogens is 2. The molecule has 33 heavy (non-hydrogen) atoms. The van der Waals surface area contributed by atoms with Crippen LogP contribution in [0.5, 0.6) is 0 Å². The first-order valence-corrected chi connectivity index (χ1v) is 10.6. The van der Waals surface area contributed by atoms with Gasteiger partial charge in [-0.2, -0.15) is 5.10 Å². The molecular weight excluding hydrogens is 412 g/mol. The van der Waals surface area contributed by atoms with E-state index in [0.29, 0.717) is 12.2 Å². The molecule has 164 valence electrons. The Balaban J connectivity index is 1.44. The number of benzene rings is 3. The summed E-state index contributed by atoms with van der Waals surface area (Å²) in [4.78, 5) is 24.4. The largest absolute Gasteiger partial charge is 0.343 e. The maximum absolute atomic E-state index is 12.3. The van der Waals surface area contributed by atoms with Crippen molar-refractivity contribution in [3.63, 3.8) is 0 Å². The summed E-state index contributed by atoms with van der Waals surface area (Å²) in [7, 11) is 0. The van der Waals surface area contributed by atoms with Crippen LogP contribution in [0.25, 0.3) is 17.3 Å². The maximum atomic E-state index is 12.3. The Hall–Kier alpha value is -4.45. The van der Waals surface area contributed by atoms with Gasteiger partial charge in [0.25, 0.3) is 0 Å². The molecule has 2 amide bonds. The normalized spacial score (nSPS) is 10.8. The highest BCUT2D eigenvalue weighted by atomic mass is 16.2. The summed E-state index contributed by atoms with van der Waals surface area (Å²) in [6, 6.07) is 29.0. The van der Waals surface area contributed by atoms with Gasteiger partial charge in [-0.3, -0.25) is 14.3 Å². The van der Waals surface area contributed by atoms with Crippen LogP contribution in [0.3, 0.4) is 0 Å². The second kappa shape index (κ2) is 10.7. The van der Waals surface area contributed by atoms with E-state index in [-0.39, 0.29) is 18.4 Å². The molecule has 1 heterocycles. The molecule has 3 aromatic carbocycles. The van der Waals surface area contributed by atoms with Crippen molar-refractivity contribution in [2.24, 2.45) is 0 Å². The van der Waals surface area contributed by atoms with Crippen LogP contribution in [0.4, 0.5) is 5.69 Å². The summed E-state index contributed by atoms with van der Waals surface area (Å²) in [5.74, 6) is -0.642. The second-order valence-corrected chi connectivity index (χ2v) is 7.45. The number of rotatable bonds is 8. The molecule has 0 fully saturated rings. The van der Waals surface area contributed by atoms with Gasteiger partial charge in [-0.25, -0.2) is 0 Å². The molecule has 0 atom stereocenters. The Bertz CT molecular complexity index is 1230. The van der Waals surface area contributed by atoms with Crippen LogP contribution in [-0.2, 0) is 16.1 Å². The lowest BCUT2D eigenvalue weighted by atomic mass is 10.1. The van der Waals surface area contributed by atoms with Crippen LogP contribution >= 0.6 is 0 Å². The van der Waals surface area contributed by atoms with E-state index < -0.39 is 0 Å². The van der Waals surface area contributed by atoms with Crippen LogP contribution in [0.2, 0.25) is 0 Å². The van der Waals surface area contributed by atoms with E-state index in [9.17, 15) is 9.59 Å². The van der Waals surface area contributed by atoms with Crippen molar-refractivity contribution in [1.29, 1.82) is 0 Å². The Kier molecular flexibility index (Phi) is 7.08. The van der Waals surface area contributed by atoms with E-state index in [2.05, 4.69) is 10.6 Å². The summed E-state index contributed by atoms with van der Waals surface area (Å²) >= 11 is 0. The topological polar surface area (TPSA) is 76.0 Å². The fraction of sp³-hybridized carbons (Fsp3) is 0.0741. The fourth-order valence-corrected chi connectivity index (χ4v) is 3.35. The zero-order valence-electron chi connectivity index (χ0n) is 18.0. The predicted octanol–water partition coefficient (Wildman–Crippen LogP) is 4.37. The molecule has 2 N–H and O–H groups in total. The summed E-state index contributed by atoms with van der Waals surface area (Å²) in [6.07, 6.45) is 5.06. The van der Waals surface area contributed by atoms with E-state index in [0.717, 1.165) is 22.4 Å². The van der Waals surface area contributed by atoms with Crippen molar-refractivity contribution < 1.29 is 9.59 Å². The third kappa shape index (κ3) is 6.27. The summed E-state index contributed by atoms with van der Waals surface area (Å²) in [5.41, 5.74) is 4.40. The third-order valence-corrected chi connectivity index (χ3v) is 4.92. The first kappa shape index (κ1) is 21.8. The average Bonchev–Trinajstić information content (AvgIpc) is 3.26. The molecule has 0 bridgehead atoms. The molecule has 4 rings (SSSR count). The van der Waals surface area contributed by atoms with Crippen molar-refractivity contribution in [2.45, 2.75) is 6.54 Å². The van der Waals surface area contributed by atoms with Crippen molar-refractivity contribution in [3.8, 4) is 11.3 Å². The lowest BCUT2D eigenvalue weighted by molar-refractivity contribution is -0.121. The van der Waals surface area contributed by atoms with Gasteiger partial charge in [0.05, 0.1) is 18.8 Å². The van der Waals surface area contributed by atoms with E-state index in [1.165, 1.54) is 6.08 Å². The molecule has 0 aliphatic carbocycles. The molecule has 6 heteroatoms. The molecule has 0 saturated heterocycles. The van der Waals surface area contributed by atoms with Crippen LogP contribution in [0, 0.1) is 0 Å². The molecule has 0 aliphatic rings. The number of nitrogens with one attached hydrogen (secondary N) is 2. The van der Waals surface area contributed by atoms with Gasteiger partial charge < -0.3 is 10.6 Å². The standard InChI is InChI=1S/C27H24N4O2/c32-25(28-18-26(33)29-24-14-8-3-9-15-24)17-16-23-20-31(19-21-10-4-1-5-11-21)30-27(23)22-12-6-2-7-13-22/h1-17,20H,18-19H2,(H,28,32)(H,29,33)/b17-16+. The van der Waals surface area contributed by atoms with Crippen molar-refractivity contribution >= 4 is 23.6 Å². The van der Waals surface area contributed by atoms with Gasteiger partial charge in [-0.1, -0.05) is 78.9 Å². The Morgan fingerprint density at radius 3 is 2.18 bits per heavy atom. The highest BCUT2D eigenvalue weighted by molar-refractivity contribution is 5.98. The minimum absolute atomic E-state index is 0.114. The highest BCUT2D eigenvalue weighted by Crippen LogP contribution is 2.23. The predicted molar refractivity (Wildman–Crippen MR) is 130 cm³/mol. The molecule has 1 aromatic heterocycles. The molecule has 0 spiro atoms. The number of carbonyl (C=O) groups is 2. The lowest BCUT2D eigenvalue weighted by Gasteiger charge is -2.05. The number of hydrogen-bond acceptors (Lipinski definition) is 3. The number of anilines is 1. The Labute approximate surface area is 192 Å². The van der Waals surface area contributed by atoms with Gasteiger partial charge in [-0.05, 0) is 23.8 Å². The molecule has 0 unspecified atom stereocenters. The van der Waals surface area contributed by atoms with Crippen LogP contribution in [0.15, 0.2) is 103 Å². The van der Waals surface area contributed by atoms with Gasteiger partial charge in [0.15, 0.2) is 0 Å². The minimum atomic E-state index is -0.354. The van der Waals surface area contributed by atoms with Crippen LogP contribution in [-0.4, -0.2) is 28.1 Å². The second-order valence-electron chi connectivity index (χ2n) is 7.45. The molecular formula is C27H24N4O2. The Morgan fingerprint density at radius 2 is 1.48 bits per heavy atom. The quantitative estimate of drug-likeness (QED) is 0.403. The minimum Gasteiger partial charge on any atom is -0.343 e. The monoisotopic (exact) mass is 436 g/mol. The number of para-hydroxylation sites is 1. The average molecular weight is 437 g/mol.